The lowest BCUT2D eigenvalue weighted by Crippen LogP contribution is -2.29. The molecule has 0 bridgehead atoms. The number of rotatable bonds is 3. The number of hydrogen-bond donors (Lipinski definition) is 1. The summed E-state index contributed by atoms with van der Waals surface area (Å²) in [7, 11) is 1.72. The monoisotopic (exact) mass is 218 g/mol. The van der Waals surface area contributed by atoms with Gasteiger partial charge in [0.15, 0.2) is 0 Å². The first-order valence-electron chi connectivity index (χ1n) is 5.96. The van der Waals surface area contributed by atoms with Crippen molar-refractivity contribution in [2.24, 2.45) is 5.73 Å². The minimum atomic E-state index is 0.401. The fraction of sp³-hybridized carbons (Fsp3) is 0.538. The molecule has 3 rings (SSSR count). The zero-order chi connectivity index (χ0) is 11.1. The van der Waals surface area contributed by atoms with Crippen molar-refractivity contribution < 1.29 is 4.74 Å². The summed E-state index contributed by atoms with van der Waals surface area (Å²) < 4.78 is 5.28. The molecule has 0 aromatic heterocycles. The predicted molar refractivity (Wildman–Crippen MR) is 63.4 cm³/mol. The smallest absolute Gasteiger partial charge is 0.119 e. The fourth-order valence-corrected chi connectivity index (χ4v) is 2.69. The first-order chi connectivity index (χ1) is 7.83. The summed E-state index contributed by atoms with van der Waals surface area (Å²) in [5.41, 5.74) is 8.70. The maximum absolute atomic E-state index is 5.91. The molecule has 1 aromatic rings. The summed E-state index contributed by atoms with van der Waals surface area (Å²) in [4.78, 5) is 2.55. The standard InChI is InChI=1S/C13H18N2O/c1-16-11-5-2-9-8-15(10-3-4-10)13(7-14)12(9)6-11/h2,5-6,10,13H,3-4,7-8,14H2,1H3. The number of fused-ring (bicyclic) bond motifs is 1. The van der Waals surface area contributed by atoms with Crippen LogP contribution in [0.15, 0.2) is 18.2 Å². The van der Waals surface area contributed by atoms with Crippen LogP contribution in [0, 0.1) is 0 Å². The summed E-state index contributed by atoms with van der Waals surface area (Å²) in [6.07, 6.45) is 2.67. The molecule has 1 heterocycles. The van der Waals surface area contributed by atoms with Crippen molar-refractivity contribution in [3.8, 4) is 5.75 Å². The van der Waals surface area contributed by atoms with Gasteiger partial charge in [0, 0.05) is 25.2 Å². The lowest BCUT2D eigenvalue weighted by atomic mass is 10.0. The normalized spacial score (nSPS) is 24.5. The van der Waals surface area contributed by atoms with Crippen LogP contribution in [-0.4, -0.2) is 24.6 Å². The van der Waals surface area contributed by atoms with Crippen molar-refractivity contribution in [1.29, 1.82) is 0 Å². The molecule has 0 amide bonds. The molecule has 1 fully saturated rings. The number of methoxy groups -OCH3 is 1. The Morgan fingerprint density at radius 1 is 1.44 bits per heavy atom. The average Bonchev–Trinajstić information content (AvgIpc) is 3.09. The molecule has 1 saturated carbocycles. The number of nitrogens with two attached hydrogens (primary N) is 1. The minimum Gasteiger partial charge on any atom is -0.497 e. The van der Waals surface area contributed by atoms with E-state index in [1.54, 1.807) is 7.11 Å². The molecule has 1 aliphatic heterocycles. The van der Waals surface area contributed by atoms with E-state index in [2.05, 4.69) is 17.0 Å². The third-order valence-electron chi connectivity index (χ3n) is 3.70. The van der Waals surface area contributed by atoms with Gasteiger partial charge in [0.25, 0.3) is 0 Å². The Labute approximate surface area is 96.2 Å². The number of hydrogen-bond acceptors (Lipinski definition) is 3. The van der Waals surface area contributed by atoms with Crippen LogP contribution in [0.5, 0.6) is 5.75 Å². The Balaban J connectivity index is 1.95. The number of ether oxygens (including phenoxy) is 1. The molecule has 2 aliphatic rings. The Bertz CT molecular complexity index is 401. The fourth-order valence-electron chi connectivity index (χ4n) is 2.69. The van der Waals surface area contributed by atoms with Crippen LogP contribution in [-0.2, 0) is 6.54 Å². The van der Waals surface area contributed by atoms with E-state index in [1.165, 1.54) is 24.0 Å². The summed E-state index contributed by atoms with van der Waals surface area (Å²) in [5.74, 6) is 0.940. The number of nitrogens with zero attached hydrogens (tertiary/aromatic N) is 1. The number of benzene rings is 1. The van der Waals surface area contributed by atoms with Gasteiger partial charge >= 0.3 is 0 Å². The van der Waals surface area contributed by atoms with Gasteiger partial charge in [0.05, 0.1) is 7.11 Å². The van der Waals surface area contributed by atoms with E-state index < -0.39 is 0 Å². The second-order valence-corrected chi connectivity index (χ2v) is 4.72. The van der Waals surface area contributed by atoms with Crippen molar-refractivity contribution in [2.75, 3.05) is 13.7 Å². The highest BCUT2D eigenvalue weighted by atomic mass is 16.5. The predicted octanol–water partition coefficient (Wildman–Crippen LogP) is 1.67. The summed E-state index contributed by atoms with van der Waals surface area (Å²) >= 11 is 0. The summed E-state index contributed by atoms with van der Waals surface area (Å²) in [5, 5.41) is 0. The molecule has 16 heavy (non-hydrogen) atoms. The third kappa shape index (κ3) is 1.51. The van der Waals surface area contributed by atoms with Crippen molar-refractivity contribution in [3.05, 3.63) is 29.3 Å². The quantitative estimate of drug-likeness (QED) is 0.838. The molecular weight excluding hydrogens is 200 g/mol. The molecule has 86 valence electrons. The zero-order valence-electron chi connectivity index (χ0n) is 9.65. The van der Waals surface area contributed by atoms with Gasteiger partial charge in [0.2, 0.25) is 0 Å². The van der Waals surface area contributed by atoms with Crippen LogP contribution in [0.25, 0.3) is 0 Å². The van der Waals surface area contributed by atoms with E-state index in [9.17, 15) is 0 Å². The average molecular weight is 218 g/mol. The molecule has 1 aliphatic carbocycles. The van der Waals surface area contributed by atoms with Gasteiger partial charge in [-0.2, -0.15) is 0 Å². The van der Waals surface area contributed by atoms with Crippen LogP contribution in [0.4, 0.5) is 0 Å². The third-order valence-corrected chi connectivity index (χ3v) is 3.70. The van der Waals surface area contributed by atoms with Gasteiger partial charge in [-0.15, -0.1) is 0 Å². The highest BCUT2D eigenvalue weighted by molar-refractivity contribution is 5.41. The van der Waals surface area contributed by atoms with E-state index in [4.69, 9.17) is 10.5 Å². The van der Waals surface area contributed by atoms with E-state index in [0.29, 0.717) is 12.6 Å². The first kappa shape index (κ1) is 10.1. The second-order valence-electron chi connectivity index (χ2n) is 4.72. The van der Waals surface area contributed by atoms with Crippen LogP contribution in [0.3, 0.4) is 0 Å². The van der Waals surface area contributed by atoms with Crippen molar-refractivity contribution in [1.82, 2.24) is 4.90 Å². The highest BCUT2D eigenvalue weighted by Crippen LogP contribution is 2.42. The maximum Gasteiger partial charge on any atom is 0.119 e. The first-order valence-corrected chi connectivity index (χ1v) is 5.96. The van der Waals surface area contributed by atoms with Gasteiger partial charge in [-0.05, 0) is 36.1 Å². The molecule has 2 N–H and O–H groups in total. The van der Waals surface area contributed by atoms with Gasteiger partial charge in [-0.3, -0.25) is 4.90 Å². The van der Waals surface area contributed by atoms with Crippen LogP contribution >= 0.6 is 0 Å². The van der Waals surface area contributed by atoms with Gasteiger partial charge < -0.3 is 10.5 Å². The lowest BCUT2D eigenvalue weighted by Gasteiger charge is -2.23. The van der Waals surface area contributed by atoms with Crippen molar-refractivity contribution >= 4 is 0 Å². The topological polar surface area (TPSA) is 38.5 Å². The molecule has 0 saturated heterocycles. The highest BCUT2D eigenvalue weighted by Gasteiger charge is 2.39. The SMILES string of the molecule is COc1ccc2c(c1)C(CN)N(C1CC1)C2. The Hall–Kier alpha value is -1.06. The molecule has 1 aromatic carbocycles. The van der Waals surface area contributed by atoms with E-state index in [-0.39, 0.29) is 0 Å². The minimum absolute atomic E-state index is 0.401. The largest absolute Gasteiger partial charge is 0.497 e. The molecule has 3 nitrogen and oxygen atoms in total. The van der Waals surface area contributed by atoms with Crippen molar-refractivity contribution in [2.45, 2.75) is 31.5 Å². The van der Waals surface area contributed by atoms with Gasteiger partial charge in [0.1, 0.15) is 5.75 Å². The van der Waals surface area contributed by atoms with Gasteiger partial charge in [-0.25, -0.2) is 0 Å². The lowest BCUT2D eigenvalue weighted by molar-refractivity contribution is 0.209. The summed E-state index contributed by atoms with van der Waals surface area (Å²) in [6.45, 7) is 1.77. The molecule has 1 unspecified atom stereocenters. The Kier molecular flexibility index (Phi) is 2.37. The van der Waals surface area contributed by atoms with Crippen LogP contribution in [0.1, 0.15) is 30.0 Å². The molecule has 0 radical (unpaired) electrons. The van der Waals surface area contributed by atoms with Crippen molar-refractivity contribution in [3.63, 3.8) is 0 Å². The molecule has 0 spiro atoms. The van der Waals surface area contributed by atoms with Crippen LogP contribution < -0.4 is 10.5 Å². The zero-order valence-corrected chi connectivity index (χ0v) is 9.65. The van der Waals surface area contributed by atoms with E-state index in [1.807, 2.05) is 6.07 Å². The van der Waals surface area contributed by atoms with Gasteiger partial charge in [-0.1, -0.05) is 6.07 Å². The maximum atomic E-state index is 5.91. The van der Waals surface area contributed by atoms with E-state index >= 15 is 0 Å². The molecular formula is C13H18N2O. The van der Waals surface area contributed by atoms with Crippen LogP contribution in [0.2, 0.25) is 0 Å². The molecule has 1 atom stereocenters. The molecule has 3 heteroatoms. The summed E-state index contributed by atoms with van der Waals surface area (Å²) in [6, 6.07) is 7.54. The Morgan fingerprint density at radius 3 is 2.88 bits per heavy atom. The Morgan fingerprint density at radius 2 is 2.25 bits per heavy atom. The second kappa shape index (κ2) is 3.75. The van der Waals surface area contributed by atoms with E-state index in [0.717, 1.165) is 18.3 Å².